The van der Waals surface area contributed by atoms with Crippen molar-refractivity contribution in [1.82, 2.24) is 10.6 Å². The fraction of sp³-hybridized carbons (Fsp3) is 0.600. The van der Waals surface area contributed by atoms with E-state index >= 15 is 0 Å². The molecule has 0 saturated carbocycles. The third kappa shape index (κ3) is 7.69. The van der Waals surface area contributed by atoms with Gasteiger partial charge in [0.25, 0.3) is 5.91 Å². The molecule has 0 aromatic heterocycles. The van der Waals surface area contributed by atoms with Gasteiger partial charge in [-0.3, -0.25) is 10.1 Å². The second-order valence-electron chi connectivity index (χ2n) is 7.55. The van der Waals surface area contributed by atoms with Gasteiger partial charge in [-0.2, -0.15) is 0 Å². The van der Waals surface area contributed by atoms with Crippen LogP contribution in [0.15, 0.2) is 30.3 Å². The van der Waals surface area contributed by atoms with Crippen LogP contribution in [0.5, 0.6) is 0 Å². The van der Waals surface area contributed by atoms with E-state index in [-0.39, 0.29) is 11.9 Å². The van der Waals surface area contributed by atoms with Crippen LogP contribution in [0.4, 0.5) is 4.79 Å². The van der Waals surface area contributed by atoms with E-state index in [9.17, 15) is 9.59 Å². The topological polar surface area (TPSA) is 62.6 Å². The Morgan fingerprint density at radius 2 is 1.84 bits per heavy atom. The minimum absolute atomic E-state index is 0.182. The summed E-state index contributed by atoms with van der Waals surface area (Å²) in [6.45, 7) is 7.20. The Hall–Kier alpha value is -1.88. The highest BCUT2D eigenvalue weighted by molar-refractivity contribution is 5.94. The number of benzene rings is 1. The van der Waals surface area contributed by atoms with Crippen LogP contribution >= 0.6 is 0 Å². The molecule has 0 spiro atoms. The van der Waals surface area contributed by atoms with Gasteiger partial charge in [0.05, 0.1) is 13.1 Å². The predicted molar refractivity (Wildman–Crippen MR) is 99.4 cm³/mol. The second-order valence-corrected chi connectivity index (χ2v) is 7.55. The van der Waals surface area contributed by atoms with Gasteiger partial charge in [0.2, 0.25) is 0 Å². The Kier molecular flexibility index (Phi) is 7.92. The molecule has 1 heterocycles. The molecule has 3 amide bonds. The van der Waals surface area contributed by atoms with E-state index in [0.717, 1.165) is 38.8 Å². The maximum atomic E-state index is 12.0. The molecule has 25 heavy (non-hydrogen) atoms. The minimum atomic E-state index is -0.371. The summed E-state index contributed by atoms with van der Waals surface area (Å²) in [6.07, 6.45) is 4.32. The number of urea groups is 1. The number of carbonyl (C=O) groups is 2. The zero-order valence-corrected chi connectivity index (χ0v) is 15.5. The van der Waals surface area contributed by atoms with Crippen molar-refractivity contribution in [3.05, 3.63) is 35.9 Å². The molecular formula is C20H32N3O2+. The van der Waals surface area contributed by atoms with E-state index in [4.69, 9.17) is 0 Å². The monoisotopic (exact) mass is 346 g/mol. The Balaban J connectivity index is 1.62. The summed E-state index contributed by atoms with van der Waals surface area (Å²) >= 11 is 0. The number of amides is 3. The summed E-state index contributed by atoms with van der Waals surface area (Å²) in [5.74, 6) is 1.06. The molecule has 5 nitrogen and oxygen atoms in total. The lowest BCUT2D eigenvalue weighted by atomic mass is 9.90. The summed E-state index contributed by atoms with van der Waals surface area (Å²) in [6, 6.07) is 10.2. The summed E-state index contributed by atoms with van der Waals surface area (Å²) < 4.78 is 0. The van der Waals surface area contributed by atoms with Crippen LogP contribution in [0, 0.1) is 11.8 Å². The quantitative estimate of drug-likeness (QED) is 0.699. The molecule has 1 aromatic rings. The second kappa shape index (κ2) is 10.2. The Labute approximate surface area is 151 Å². The van der Waals surface area contributed by atoms with Gasteiger partial charge in [0.1, 0.15) is 0 Å². The van der Waals surface area contributed by atoms with Crippen LogP contribution in [0.1, 0.15) is 38.7 Å². The Morgan fingerprint density at radius 1 is 1.16 bits per heavy atom. The molecule has 5 heteroatoms. The molecule has 2 rings (SSSR count). The number of piperidine rings is 1. The SMILES string of the molecule is CC(C)CCNC(=O)NC(=O)C[NH+]1CCC(Cc2ccccc2)CC1. The van der Waals surface area contributed by atoms with Gasteiger partial charge in [-0.15, -0.1) is 0 Å². The van der Waals surface area contributed by atoms with Gasteiger partial charge in [0, 0.05) is 6.54 Å². The number of hydrogen-bond donors (Lipinski definition) is 3. The number of quaternary nitrogens is 1. The smallest absolute Gasteiger partial charge is 0.321 e. The van der Waals surface area contributed by atoms with Crippen molar-refractivity contribution in [2.75, 3.05) is 26.2 Å². The first kappa shape index (κ1) is 19.4. The molecule has 1 fully saturated rings. The van der Waals surface area contributed by atoms with Crippen molar-refractivity contribution in [3.8, 4) is 0 Å². The number of rotatable bonds is 7. The van der Waals surface area contributed by atoms with E-state index in [1.807, 2.05) is 6.07 Å². The molecule has 3 N–H and O–H groups in total. The predicted octanol–water partition coefficient (Wildman–Crippen LogP) is 1.40. The highest BCUT2D eigenvalue weighted by atomic mass is 16.2. The molecule has 138 valence electrons. The normalized spacial score (nSPS) is 20.3. The van der Waals surface area contributed by atoms with Crippen molar-refractivity contribution in [2.45, 2.75) is 39.5 Å². The first-order valence-corrected chi connectivity index (χ1v) is 9.48. The van der Waals surface area contributed by atoms with E-state index in [1.165, 1.54) is 10.5 Å². The Bertz CT molecular complexity index is 537. The fourth-order valence-electron chi connectivity index (χ4n) is 3.33. The van der Waals surface area contributed by atoms with Crippen LogP contribution in [0.2, 0.25) is 0 Å². The molecule has 0 radical (unpaired) electrons. The lowest BCUT2D eigenvalue weighted by molar-refractivity contribution is -0.898. The highest BCUT2D eigenvalue weighted by Crippen LogP contribution is 2.16. The van der Waals surface area contributed by atoms with Crippen LogP contribution in [-0.2, 0) is 11.2 Å². The Morgan fingerprint density at radius 3 is 2.48 bits per heavy atom. The molecule has 0 bridgehead atoms. The summed E-state index contributed by atoms with van der Waals surface area (Å²) in [5, 5.41) is 5.18. The van der Waals surface area contributed by atoms with Crippen LogP contribution < -0.4 is 15.5 Å². The average Bonchev–Trinajstić information content (AvgIpc) is 2.57. The summed E-state index contributed by atoms with van der Waals surface area (Å²) in [5.41, 5.74) is 1.40. The number of hydrogen-bond acceptors (Lipinski definition) is 2. The first-order valence-electron chi connectivity index (χ1n) is 9.48. The molecule has 1 aliphatic heterocycles. The van der Waals surface area contributed by atoms with Crippen molar-refractivity contribution in [3.63, 3.8) is 0 Å². The van der Waals surface area contributed by atoms with Gasteiger partial charge in [-0.1, -0.05) is 44.2 Å². The first-order chi connectivity index (χ1) is 12.0. The zero-order chi connectivity index (χ0) is 18.1. The standard InChI is InChI=1S/C20H31N3O2/c1-16(2)8-11-21-20(25)22-19(24)15-23-12-9-18(10-13-23)14-17-6-4-3-5-7-17/h3-7,16,18H,8-15H2,1-2H3,(H2,21,22,24,25)/p+1. The molecule has 1 saturated heterocycles. The average molecular weight is 346 g/mol. The minimum Gasteiger partial charge on any atom is -0.338 e. The maximum absolute atomic E-state index is 12.0. The van der Waals surface area contributed by atoms with Crippen molar-refractivity contribution in [1.29, 1.82) is 0 Å². The summed E-state index contributed by atoms with van der Waals surface area (Å²) in [4.78, 5) is 25.0. The third-order valence-electron chi connectivity index (χ3n) is 4.85. The molecular weight excluding hydrogens is 314 g/mol. The zero-order valence-electron chi connectivity index (χ0n) is 15.5. The van der Waals surface area contributed by atoms with Crippen LogP contribution in [-0.4, -0.2) is 38.1 Å². The van der Waals surface area contributed by atoms with Crippen molar-refractivity contribution < 1.29 is 14.5 Å². The molecule has 1 aromatic carbocycles. The van der Waals surface area contributed by atoms with E-state index < -0.39 is 0 Å². The number of likely N-dealkylation sites (tertiary alicyclic amines) is 1. The van der Waals surface area contributed by atoms with Crippen LogP contribution in [0.3, 0.4) is 0 Å². The fourth-order valence-corrected chi connectivity index (χ4v) is 3.33. The summed E-state index contributed by atoms with van der Waals surface area (Å²) in [7, 11) is 0. The van der Waals surface area contributed by atoms with Crippen molar-refractivity contribution >= 4 is 11.9 Å². The maximum Gasteiger partial charge on any atom is 0.321 e. The lowest BCUT2D eigenvalue weighted by Gasteiger charge is -2.28. The van der Waals surface area contributed by atoms with E-state index in [0.29, 0.717) is 24.9 Å². The number of nitrogens with one attached hydrogen (secondary N) is 3. The third-order valence-corrected chi connectivity index (χ3v) is 4.85. The lowest BCUT2D eigenvalue weighted by Crippen LogP contribution is -3.14. The van der Waals surface area contributed by atoms with Gasteiger partial charge in [0.15, 0.2) is 6.54 Å². The van der Waals surface area contributed by atoms with Gasteiger partial charge < -0.3 is 10.2 Å². The van der Waals surface area contributed by atoms with Gasteiger partial charge in [-0.05, 0) is 43.1 Å². The highest BCUT2D eigenvalue weighted by Gasteiger charge is 2.24. The van der Waals surface area contributed by atoms with Crippen molar-refractivity contribution in [2.24, 2.45) is 11.8 Å². The molecule has 0 atom stereocenters. The van der Waals surface area contributed by atoms with Gasteiger partial charge >= 0.3 is 6.03 Å². The van der Waals surface area contributed by atoms with E-state index in [2.05, 4.69) is 48.7 Å². The number of carbonyl (C=O) groups excluding carboxylic acids is 2. The molecule has 1 aliphatic rings. The molecule has 0 aliphatic carbocycles. The van der Waals surface area contributed by atoms with Gasteiger partial charge in [-0.25, -0.2) is 4.79 Å². The molecule has 0 unspecified atom stereocenters. The van der Waals surface area contributed by atoms with E-state index in [1.54, 1.807) is 0 Å². The number of imide groups is 1. The largest absolute Gasteiger partial charge is 0.338 e. The van der Waals surface area contributed by atoms with Crippen LogP contribution in [0.25, 0.3) is 0 Å².